The summed E-state index contributed by atoms with van der Waals surface area (Å²) in [4.78, 5) is 40.1. The number of fused-ring (bicyclic) bond motifs is 1. The minimum absolute atomic E-state index is 0.113. The van der Waals surface area contributed by atoms with Crippen molar-refractivity contribution in [2.45, 2.75) is 53.1 Å². The SMILES string of the molecule is Cc1ccc(N(C(=O)C[S@@](=O)CC(=O)Nc2ccc3c(c2)OCO3)[C@H](C)C(=O)NC(C)(C)C)c(C)c1. The third kappa shape index (κ3) is 7.07. The molecule has 0 unspecified atom stereocenters. The first-order valence-corrected chi connectivity index (χ1v) is 13.1. The van der Waals surface area contributed by atoms with Gasteiger partial charge in [0.1, 0.15) is 17.5 Å². The minimum atomic E-state index is -1.80. The summed E-state index contributed by atoms with van der Waals surface area (Å²) in [6.07, 6.45) is 0. The van der Waals surface area contributed by atoms with Gasteiger partial charge in [0.05, 0.1) is 0 Å². The zero-order valence-corrected chi connectivity index (χ0v) is 22.3. The fourth-order valence-electron chi connectivity index (χ4n) is 3.80. The molecule has 1 aliphatic heterocycles. The van der Waals surface area contributed by atoms with E-state index >= 15 is 0 Å². The lowest BCUT2D eigenvalue weighted by molar-refractivity contribution is -0.126. The maximum absolute atomic E-state index is 13.4. The molecule has 0 radical (unpaired) electrons. The van der Waals surface area contributed by atoms with Crippen LogP contribution in [0.1, 0.15) is 38.8 Å². The number of nitrogens with zero attached hydrogens (tertiary/aromatic N) is 1. The molecule has 2 aromatic carbocycles. The zero-order chi connectivity index (χ0) is 26.6. The van der Waals surface area contributed by atoms with E-state index in [-0.39, 0.29) is 18.5 Å². The Bertz CT molecular complexity index is 1190. The maximum Gasteiger partial charge on any atom is 0.243 e. The van der Waals surface area contributed by atoms with Crippen LogP contribution in [0.25, 0.3) is 0 Å². The highest BCUT2D eigenvalue weighted by atomic mass is 32.2. The molecule has 0 bridgehead atoms. The lowest BCUT2D eigenvalue weighted by Crippen LogP contribution is -2.54. The van der Waals surface area contributed by atoms with Crippen molar-refractivity contribution in [2.24, 2.45) is 0 Å². The average Bonchev–Trinajstić information content (AvgIpc) is 3.21. The molecule has 0 spiro atoms. The smallest absolute Gasteiger partial charge is 0.243 e. The molecule has 0 aromatic heterocycles. The average molecular weight is 516 g/mol. The van der Waals surface area contributed by atoms with E-state index in [2.05, 4.69) is 10.6 Å². The molecule has 9 nitrogen and oxygen atoms in total. The molecule has 1 heterocycles. The van der Waals surface area contributed by atoms with Gasteiger partial charge < -0.3 is 20.1 Å². The summed E-state index contributed by atoms with van der Waals surface area (Å²) in [7, 11) is -1.80. The van der Waals surface area contributed by atoms with Gasteiger partial charge in [0.2, 0.25) is 24.5 Å². The van der Waals surface area contributed by atoms with Crippen LogP contribution in [-0.2, 0) is 25.2 Å². The van der Waals surface area contributed by atoms with Crippen LogP contribution in [0.15, 0.2) is 36.4 Å². The second-order valence-corrected chi connectivity index (χ2v) is 11.3. The normalized spacial score (nSPS) is 14.1. The Labute approximate surface area is 214 Å². The summed E-state index contributed by atoms with van der Waals surface area (Å²) in [5.74, 6) is -1.03. The molecule has 2 N–H and O–H groups in total. The van der Waals surface area contributed by atoms with Crippen LogP contribution in [-0.4, -0.2) is 51.8 Å². The lowest BCUT2D eigenvalue weighted by Gasteiger charge is -2.32. The molecule has 0 aliphatic carbocycles. The molecular formula is C26H33N3O6S. The highest BCUT2D eigenvalue weighted by Gasteiger charge is 2.31. The summed E-state index contributed by atoms with van der Waals surface area (Å²) < 4.78 is 23.3. The summed E-state index contributed by atoms with van der Waals surface area (Å²) in [6, 6.07) is 9.63. The van der Waals surface area contributed by atoms with Gasteiger partial charge in [-0.25, -0.2) is 0 Å². The molecule has 0 fully saturated rings. The Kier molecular flexibility index (Phi) is 8.39. The Morgan fingerprint density at radius 1 is 1.03 bits per heavy atom. The monoisotopic (exact) mass is 515 g/mol. The summed E-state index contributed by atoms with van der Waals surface area (Å²) in [6.45, 7) is 11.1. The van der Waals surface area contributed by atoms with E-state index in [4.69, 9.17) is 9.47 Å². The summed E-state index contributed by atoms with van der Waals surface area (Å²) in [5.41, 5.74) is 2.36. The topological polar surface area (TPSA) is 114 Å². The minimum Gasteiger partial charge on any atom is -0.454 e. The van der Waals surface area contributed by atoms with E-state index in [0.717, 1.165) is 11.1 Å². The van der Waals surface area contributed by atoms with E-state index in [1.165, 1.54) is 4.90 Å². The number of aryl methyl sites for hydroxylation is 2. The number of hydrogen-bond acceptors (Lipinski definition) is 6. The Hall–Kier alpha value is -3.40. The fraction of sp³-hybridized carbons (Fsp3) is 0.423. The largest absolute Gasteiger partial charge is 0.454 e. The van der Waals surface area contributed by atoms with E-state index in [1.54, 1.807) is 31.2 Å². The van der Waals surface area contributed by atoms with Crippen LogP contribution in [0.4, 0.5) is 11.4 Å². The van der Waals surface area contributed by atoms with Crippen LogP contribution in [0.5, 0.6) is 11.5 Å². The van der Waals surface area contributed by atoms with Crippen molar-refractivity contribution in [3.05, 3.63) is 47.5 Å². The number of anilines is 2. The van der Waals surface area contributed by atoms with Crippen molar-refractivity contribution >= 4 is 39.9 Å². The molecular weight excluding hydrogens is 482 g/mol. The molecule has 2 aromatic rings. The first-order chi connectivity index (χ1) is 16.8. The van der Waals surface area contributed by atoms with E-state index in [1.807, 2.05) is 46.8 Å². The molecule has 194 valence electrons. The third-order valence-electron chi connectivity index (χ3n) is 5.38. The summed E-state index contributed by atoms with van der Waals surface area (Å²) >= 11 is 0. The van der Waals surface area contributed by atoms with Crippen molar-refractivity contribution in [3.8, 4) is 11.5 Å². The maximum atomic E-state index is 13.4. The van der Waals surface area contributed by atoms with Crippen molar-refractivity contribution in [3.63, 3.8) is 0 Å². The molecule has 2 atom stereocenters. The van der Waals surface area contributed by atoms with Crippen molar-refractivity contribution in [2.75, 3.05) is 28.5 Å². The quantitative estimate of drug-likeness (QED) is 0.559. The Balaban J connectivity index is 1.71. The number of carbonyl (C=O) groups is 3. The number of hydrogen-bond donors (Lipinski definition) is 2. The fourth-order valence-corrected chi connectivity index (χ4v) is 4.68. The van der Waals surface area contributed by atoms with E-state index in [0.29, 0.717) is 22.9 Å². The second kappa shape index (κ2) is 11.1. The van der Waals surface area contributed by atoms with E-state index in [9.17, 15) is 18.6 Å². The third-order valence-corrected chi connectivity index (χ3v) is 6.53. The van der Waals surface area contributed by atoms with Gasteiger partial charge in [0.15, 0.2) is 11.5 Å². The van der Waals surface area contributed by atoms with Crippen LogP contribution in [0.2, 0.25) is 0 Å². The van der Waals surface area contributed by atoms with Gasteiger partial charge in [0.25, 0.3) is 0 Å². The zero-order valence-electron chi connectivity index (χ0n) is 21.5. The van der Waals surface area contributed by atoms with Crippen LogP contribution >= 0.6 is 0 Å². The van der Waals surface area contributed by atoms with Crippen molar-refractivity contribution < 1.29 is 28.1 Å². The van der Waals surface area contributed by atoms with Crippen LogP contribution in [0.3, 0.4) is 0 Å². The van der Waals surface area contributed by atoms with Crippen LogP contribution in [0, 0.1) is 13.8 Å². The first-order valence-electron chi connectivity index (χ1n) is 11.6. The molecule has 0 saturated carbocycles. The predicted octanol–water partition coefficient (Wildman–Crippen LogP) is 3.06. The van der Waals surface area contributed by atoms with Gasteiger partial charge in [-0.1, -0.05) is 17.7 Å². The number of carbonyl (C=O) groups excluding carboxylic acids is 3. The number of amides is 3. The second-order valence-electron chi connectivity index (χ2n) is 9.81. The summed E-state index contributed by atoms with van der Waals surface area (Å²) in [5, 5.41) is 5.56. The highest BCUT2D eigenvalue weighted by Crippen LogP contribution is 2.34. The van der Waals surface area contributed by atoms with Gasteiger partial charge in [-0.3, -0.25) is 23.5 Å². The van der Waals surface area contributed by atoms with Crippen molar-refractivity contribution in [1.29, 1.82) is 0 Å². The molecule has 3 amide bonds. The lowest BCUT2D eigenvalue weighted by atomic mass is 10.1. The van der Waals surface area contributed by atoms with Gasteiger partial charge >= 0.3 is 0 Å². The van der Waals surface area contributed by atoms with Gasteiger partial charge in [0, 0.05) is 33.8 Å². The van der Waals surface area contributed by atoms with Gasteiger partial charge in [-0.15, -0.1) is 0 Å². The Morgan fingerprint density at radius 2 is 1.72 bits per heavy atom. The van der Waals surface area contributed by atoms with Crippen LogP contribution < -0.4 is 25.0 Å². The Morgan fingerprint density at radius 3 is 2.39 bits per heavy atom. The number of rotatable bonds is 8. The van der Waals surface area contributed by atoms with Crippen molar-refractivity contribution in [1.82, 2.24) is 5.32 Å². The van der Waals surface area contributed by atoms with E-state index < -0.39 is 39.9 Å². The highest BCUT2D eigenvalue weighted by molar-refractivity contribution is 7.86. The first kappa shape index (κ1) is 27.2. The number of benzene rings is 2. The van der Waals surface area contributed by atoms with Gasteiger partial charge in [-0.2, -0.15) is 0 Å². The standard InChI is InChI=1S/C26H33N3O6S/c1-16-7-9-20(17(2)11-16)29(18(3)25(32)28-26(4,5)6)24(31)14-36(33)13-23(30)27-19-8-10-21-22(12-19)35-15-34-21/h7-12,18H,13-15H2,1-6H3,(H,27,30)(H,28,32)/t18-,36+/m1/s1. The molecule has 36 heavy (non-hydrogen) atoms. The van der Waals surface area contributed by atoms with Gasteiger partial charge in [-0.05, 0) is 65.3 Å². The molecule has 0 saturated heterocycles. The molecule has 10 heteroatoms. The molecule has 3 rings (SSSR count). The number of nitrogens with one attached hydrogen (secondary N) is 2. The number of ether oxygens (including phenoxy) is 2. The predicted molar refractivity (Wildman–Crippen MR) is 140 cm³/mol. The molecule has 1 aliphatic rings.